The molecule has 2 nitrogen and oxygen atoms in total. The van der Waals surface area contributed by atoms with Crippen LogP contribution in [0.1, 0.15) is 44.1 Å². The summed E-state index contributed by atoms with van der Waals surface area (Å²) in [6.45, 7) is 1.06. The van der Waals surface area contributed by atoms with E-state index >= 15 is 0 Å². The van der Waals surface area contributed by atoms with Crippen molar-refractivity contribution in [2.75, 3.05) is 5.73 Å². The number of nitrogens with zero attached hydrogens (tertiary/aromatic N) is 1. The first-order chi connectivity index (χ1) is 8.34. The molecule has 0 spiro atoms. The summed E-state index contributed by atoms with van der Waals surface area (Å²) in [4.78, 5) is 2.72. The highest BCUT2D eigenvalue weighted by Crippen LogP contribution is 2.36. The number of benzene rings is 1. The smallest absolute Gasteiger partial charge is 0.0359 e. The van der Waals surface area contributed by atoms with Crippen molar-refractivity contribution in [1.29, 1.82) is 0 Å². The van der Waals surface area contributed by atoms with Crippen LogP contribution in [0.4, 0.5) is 5.69 Å². The van der Waals surface area contributed by atoms with E-state index in [4.69, 9.17) is 5.73 Å². The van der Waals surface area contributed by atoms with Crippen LogP contribution < -0.4 is 5.73 Å². The van der Waals surface area contributed by atoms with Gasteiger partial charge in [-0.05, 0) is 37.3 Å². The van der Waals surface area contributed by atoms with E-state index in [0.717, 1.165) is 24.3 Å². The second kappa shape index (κ2) is 4.69. The monoisotopic (exact) mass is 230 g/mol. The molecular weight excluding hydrogens is 208 g/mol. The molecule has 0 atom stereocenters. The minimum atomic E-state index is 0.821. The number of hydrogen-bond donors (Lipinski definition) is 1. The summed E-state index contributed by atoms with van der Waals surface area (Å²) in [6, 6.07) is 10.00. The minimum Gasteiger partial charge on any atom is -0.398 e. The van der Waals surface area contributed by atoms with E-state index in [1.54, 1.807) is 0 Å². The van der Waals surface area contributed by atoms with Gasteiger partial charge in [-0.15, -0.1) is 0 Å². The van der Waals surface area contributed by atoms with Gasteiger partial charge in [0.25, 0.3) is 0 Å². The Morgan fingerprint density at radius 2 is 1.65 bits per heavy atom. The fourth-order valence-electron chi connectivity index (χ4n) is 3.07. The van der Waals surface area contributed by atoms with E-state index in [1.807, 2.05) is 12.1 Å². The first kappa shape index (κ1) is 11.1. The van der Waals surface area contributed by atoms with Crippen LogP contribution in [-0.4, -0.2) is 17.0 Å². The van der Waals surface area contributed by atoms with Crippen LogP contribution in [0.3, 0.4) is 0 Å². The lowest BCUT2D eigenvalue weighted by Gasteiger charge is -2.29. The van der Waals surface area contributed by atoms with Crippen LogP contribution in [0.2, 0.25) is 0 Å². The molecule has 1 aromatic rings. The van der Waals surface area contributed by atoms with Crippen LogP contribution in [0, 0.1) is 0 Å². The van der Waals surface area contributed by atoms with Gasteiger partial charge in [0, 0.05) is 24.3 Å². The Hall–Kier alpha value is -1.02. The largest absolute Gasteiger partial charge is 0.398 e. The zero-order chi connectivity index (χ0) is 11.7. The molecule has 92 valence electrons. The van der Waals surface area contributed by atoms with Crippen molar-refractivity contribution in [3.63, 3.8) is 0 Å². The molecule has 0 amide bonds. The van der Waals surface area contributed by atoms with Gasteiger partial charge in [0.05, 0.1) is 0 Å². The number of nitrogens with two attached hydrogens (primary N) is 1. The maximum atomic E-state index is 6.06. The van der Waals surface area contributed by atoms with Crippen LogP contribution in [-0.2, 0) is 6.54 Å². The average molecular weight is 230 g/mol. The topological polar surface area (TPSA) is 29.3 Å². The highest BCUT2D eigenvalue weighted by Gasteiger charge is 2.35. The molecule has 0 heterocycles. The lowest BCUT2D eigenvalue weighted by Crippen LogP contribution is -2.34. The standard InChI is InChI=1S/C15H22N2/c16-15-8-4-1-5-12(15)11-17(14-9-10-14)13-6-2-3-7-13/h1,4-5,8,13-14H,2-3,6-7,9-11,16H2. The lowest BCUT2D eigenvalue weighted by atomic mass is 10.1. The highest BCUT2D eigenvalue weighted by molar-refractivity contribution is 5.46. The fourth-order valence-corrected chi connectivity index (χ4v) is 3.07. The predicted molar refractivity (Wildman–Crippen MR) is 71.7 cm³/mol. The first-order valence-corrected chi connectivity index (χ1v) is 6.94. The number of anilines is 1. The molecule has 2 N–H and O–H groups in total. The Labute approximate surface area is 104 Å². The number of rotatable bonds is 4. The Kier molecular flexibility index (Phi) is 3.06. The van der Waals surface area contributed by atoms with E-state index in [1.165, 1.54) is 44.1 Å². The Morgan fingerprint density at radius 1 is 1.00 bits per heavy atom. The van der Waals surface area contributed by atoms with Crippen molar-refractivity contribution in [2.45, 2.75) is 57.2 Å². The Morgan fingerprint density at radius 3 is 2.29 bits per heavy atom. The quantitative estimate of drug-likeness (QED) is 0.805. The Balaban J connectivity index is 1.74. The van der Waals surface area contributed by atoms with Crippen molar-refractivity contribution in [3.05, 3.63) is 29.8 Å². The van der Waals surface area contributed by atoms with E-state index in [2.05, 4.69) is 17.0 Å². The molecule has 0 aliphatic heterocycles. The van der Waals surface area contributed by atoms with Gasteiger partial charge in [0.15, 0.2) is 0 Å². The van der Waals surface area contributed by atoms with Crippen LogP contribution in [0.25, 0.3) is 0 Å². The van der Waals surface area contributed by atoms with Gasteiger partial charge in [-0.2, -0.15) is 0 Å². The summed E-state index contributed by atoms with van der Waals surface area (Å²) < 4.78 is 0. The molecule has 0 saturated heterocycles. The average Bonchev–Trinajstić information content (AvgIpc) is 3.03. The summed E-state index contributed by atoms with van der Waals surface area (Å²) in [5.41, 5.74) is 8.33. The lowest BCUT2D eigenvalue weighted by molar-refractivity contribution is 0.179. The number of para-hydroxylation sites is 1. The highest BCUT2D eigenvalue weighted by atomic mass is 15.2. The third kappa shape index (κ3) is 2.47. The fraction of sp³-hybridized carbons (Fsp3) is 0.600. The number of hydrogen-bond acceptors (Lipinski definition) is 2. The van der Waals surface area contributed by atoms with E-state index in [9.17, 15) is 0 Å². The van der Waals surface area contributed by atoms with Crippen molar-refractivity contribution < 1.29 is 0 Å². The zero-order valence-corrected chi connectivity index (χ0v) is 10.4. The zero-order valence-electron chi connectivity index (χ0n) is 10.4. The summed E-state index contributed by atoms with van der Waals surface area (Å²) >= 11 is 0. The third-order valence-corrected chi connectivity index (χ3v) is 4.22. The van der Waals surface area contributed by atoms with Crippen LogP contribution >= 0.6 is 0 Å². The molecule has 0 bridgehead atoms. The second-order valence-corrected chi connectivity index (χ2v) is 5.54. The van der Waals surface area contributed by atoms with E-state index in [0.29, 0.717) is 0 Å². The van der Waals surface area contributed by atoms with Crippen LogP contribution in [0.15, 0.2) is 24.3 Å². The SMILES string of the molecule is Nc1ccccc1CN(C1CCCC1)C1CC1. The predicted octanol–water partition coefficient (Wildman–Crippen LogP) is 3.18. The molecule has 2 heteroatoms. The normalized spacial score (nSPS) is 21.2. The molecule has 2 fully saturated rings. The minimum absolute atomic E-state index is 0.821. The van der Waals surface area contributed by atoms with Crippen molar-refractivity contribution in [2.24, 2.45) is 0 Å². The van der Waals surface area contributed by atoms with Gasteiger partial charge in [0.1, 0.15) is 0 Å². The molecule has 2 aliphatic carbocycles. The van der Waals surface area contributed by atoms with Gasteiger partial charge >= 0.3 is 0 Å². The molecule has 2 aliphatic rings. The molecule has 0 radical (unpaired) electrons. The maximum Gasteiger partial charge on any atom is 0.0359 e. The van der Waals surface area contributed by atoms with Gasteiger partial charge in [-0.3, -0.25) is 4.90 Å². The Bertz CT molecular complexity index is 378. The van der Waals surface area contributed by atoms with Gasteiger partial charge in [-0.1, -0.05) is 31.0 Å². The second-order valence-electron chi connectivity index (χ2n) is 5.54. The molecule has 0 unspecified atom stereocenters. The summed E-state index contributed by atoms with van der Waals surface area (Å²) in [7, 11) is 0. The number of nitrogen functional groups attached to an aromatic ring is 1. The van der Waals surface area contributed by atoms with E-state index < -0.39 is 0 Å². The van der Waals surface area contributed by atoms with Crippen LogP contribution in [0.5, 0.6) is 0 Å². The summed E-state index contributed by atoms with van der Waals surface area (Å²) in [5.74, 6) is 0. The third-order valence-electron chi connectivity index (χ3n) is 4.22. The van der Waals surface area contributed by atoms with E-state index in [-0.39, 0.29) is 0 Å². The van der Waals surface area contributed by atoms with Gasteiger partial charge < -0.3 is 5.73 Å². The first-order valence-electron chi connectivity index (χ1n) is 6.94. The maximum absolute atomic E-state index is 6.06. The summed E-state index contributed by atoms with van der Waals surface area (Å²) in [5, 5.41) is 0. The molecule has 3 rings (SSSR count). The summed E-state index contributed by atoms with van der Waals surface area (Å²) in [6.07, 6.45) is 8.40. The molecule has 0 aromatic heterocycles. The van der Waals surface area contributed by atoms with Crippen molar-refractivity contribution in [1.82, 2.24) is 4.90 Å². The molecule has 17 heavy (non-hydrogen) atoms. The molecular formula is C15H22N2. The van der Waals surface area contributed by atoms with Crippen molar-refractivity contribution >= 4 is 5.69 Å². The van der Waals surface area contributed by atoms with Gasteiger partial charge in [0.2, 0.25) is 0 Å². The molecule has 2 saturated carbocycles. The van der Waals surface area contributed by atoms with Gasteiger partial charge in [-0.25, -0.2) is 0 Å². The molecule has 1 aromatic carbocycles. The van der Waals surface area contributed by atoms with Crippen molar-refractivity contribution in [3.8, 4) is 0 Å².